The average Bonchev–Trinajstić information content (AvgIpc) is 2.35. The molecule has 0 aromatic heterocycles. The summed E-state index contributed by atoms with van der Waals surface area (Å²) in [5.41, 5.74) is 0.274. The van der Waals surface area contributed by atoms with Gasteiger partial charge in [-0.3, -0.25) is 5.32 Å². The van der Waals surface area contributed by atoms with E-state index in [9.17, 15) is 13.2 Å². The maximum atomic E-state index is 13.2. The molecule has 1 aromatic carbocycles. The van der Waals surface area contributed by atoms with Gasteiger partial charge in [-0.15, -0.1) is 0 Å². The number of hydrogen-bond donors (Lipinski definition) is 1. The Morgan fingerprint density at radius 3 is 2.10 bits per heavy atom. The van der Waals surface area contributed by atoms with Crippen LogP contribution in [0.25, 0.3) is 0 Å². The van der Waals surface area contributed by atoms with E-state index in [1.165, 1.54) is 12.1 Å². The molecule has 1 aromatic rings. The highest BCUT2D eigenvalue weighted by Gasteiger charge is 2.41. The molecule has 0 saturated heterocycles. The van der Waals surface area contributed by atoms with E-state index >= 15 is 0 Å². The topological polar surface area (TPSA) is 12.0 Å². The summed E-state index contributed by atoms with van der Waals surface area (Å²) in [4.78, 5) is 0. The number of halogens is 3. The third-order valence-electron chi connectivity index (χ3n) is 3.33. The third kappa shape index (κ3) is 5.95. The van der Waals surface area contributed by atoms with Crippen LogP contribution in [-0.2, 0) is 0 Å². The second-order valence-corrected chi connectivity index (χ2v) is 5.78. The molecule has 0 heterocycles. The van der Waals surface area contributed by atoms with Gasteiger partial charge in [0.15, 0.2) is 0 Å². The normalized spacial score (nSPS) is 15.3. The monoisotopic (exact) mass is 287 g/mol. The molecule has 4 heteroatoms. The van der Waals surface area contributed by atoms with E-state index in [-0.39, 0.29) is 11.6 Å². The third-order valence-corrected chi connectivity index (χ3v) is 3.33. The Labute approximate surface area is 119 Å². The predicted molar refractivity (Wildman–Crippen MR) is 76.5 cm³/mol. The van der Waals surface area contributed by atoms with Crippen molar-refractivity contribution in [3.8, 4) is 0 Å². The summed E-state index contributed by atoms with van der Waals surface area (Å²) in [5.74, 6) is 0.592. The van der Waals surface area contributed by atoms with E-state index in [1.807, 2.05) is 6.92 Å². The zero-order chi connectivity index (χ0) is 15.2. The van der Waals surface area contributed by atoms with Crippen molar-refractivity contribution >= 4 is 0 Å². The lowest BCUT2D eigenvalue weighted by atomic mass is 10.0. The van der Waals surface area contributed by atoms with Gasteiger partial charge in [0.05, 0.1) is 0 Å². The fourth-order valence-corrected chi connectivity index (χ4v) is 2.23. The molecule has 0 spiro atoms. The Morgan fingerprint density at radius 1 is 1.00 bits per heavy atom. The first kappa shape index (κ1) is 17.0. The molecule has 0 bridgehead atoms. The molecule has 20 heavy (non-hydrogen) atoms. The van der Waals surface area contributed by atoms with Crippen molar-refractivity contribution in [2.75, 3.05) is 0 Å². The van der Waals surface area contributed by atoms with Crippen molar-refractivity contribution in [2.45, 2.75) is 58.3 Å². The second-order valence-electron chi connectivity index (χ2n) is 5.78. The van der Waals surface area contributed by atoms with Gasteiger partial charge in [0, 0.05) is 6.04 Å². The smallest absolute Gasteiger partial charge is 0.300 e. The molecule has 2 unspecified atom stereocenters. The van der Waals surface area contributed by atoms with Crippen molar-refractivity contribution in [3.05, 3.63) is 35.9 Å². The van der Waals surface area contributed by atoms with E-state index in [0.29, 0.717) is 5.92 Å². The van der Waals surface area contributed by atoms with Crippen LogP contribution >= 0.6 is 0 Å². The zero-order valence-corrected chi connectivity index (χ0v) is 12.4. The molecule has 0 aliphatic carbocycles. The van der Waals surface area contributed by atoms with Crippen LogP contribution in [0.3, 0.4) is 0 Å². The minimum atomic E-state index is -4.27. The van der Waals surface area contributed by atoms with Crippen LogP contribution < -0.4 is 5.32 Å². The molecule has 0 saturated carbocycles. The molecule has 0 amide bonds. The highest BCUT2D eigenvalue weighted by Crippen LogP contribution is 2.33. The van der Waals surface area contributed by atoms with Gasteiger partial charge in [0.2, 0.25) is 0 Å². The second kappa shape index (κ2) is 7.67. The maximum absolute atomic E-state index is 13.2. The molecule has 1 rings (SSSR count). The summed E-state index contributed by atoms with van der Waals surface area (Å²) in [6, 6.07) is 6.30. The summed E-state index contributed by atoms with van der Waals surface area (Å²) in [6.45, 7) is 6.07. The van der Waals surface area contributed by atoms with Crippen molar-refractivity contribution < 1.29 is 13.2 Å². The number of rotatable bonds is 7. The number of hydrogen-bond acceptors (Lipinski definition) is 1. The predicted octanol–water partition coefficient (Wildman–Crippen LogP) is 5.09. The van der Waals surface area contributed by atoms with Crippen LogP contribution in [0.5, 0.6) is 0 Å². The van der Waals surface area contributed by atoms with E-state index in [0.717, 1.165) is 19.3 Å². The highest BCUT2D eigenvalue weighted by atomic mass is 19.4. The fourth-order valence-electron chi connectivity index (χ4n) is 2.23. The Morgan fingerprint density at radius 2 is 1.60 bits per heavy atom. The summed E-state index contributed by atoms with van der Waals surface area (Å²) >= 11 is 0. The van der Waals surface area contributed by atoms with Crippen LogP contribution in [0.2, 0.25) is 0 Å². The van der Waals surface area contributed by atoms with E-state index in [1.54, 1.807) is 18.2 Å². The standard InChI is InChI=1S/C16H24F3N/c1-12(2)8-7-9-13(3)20-15(16(17,18)19)14-10-5-4-6-11-14/h4-6,10-13,15,20H,7-9H2,1-3H3. The first-order valence-corrected chi connectivity index (χ1v) is 7.18. The summed E-state index contributed by atoms with van der Waals surface area (Å²) in [6.07, 6.45) is -1.51. The number of nitrogens with one attached hydrogen (secondary N) is 1. The average molecular weight is 287 g/mol. The molecule has 0 fully saturated rings. The van der Waals surface area contributed by atoms with E-state index in [4.69, 9.17) is 0 Å². The molecular weight excluding hydrogens is 263 g/mol. The van der Waals surface area contributed by atoms with Gasteiger partial charge in [-0.1, -0.05) is 57.0 Å². The molecular formula is C16H24F3N. The van der Waals surface area contributed by atoms with Crippen LogP contribution in [0.1, 0.15) is 51.6 Å². The maximum Gasteiger partial charge on any atom is 0.407 e. The van der Waals surface area contributed by atoms with Gasteiger partial charge in [0.25, 0.3) is 0 Å². The summed E-state index contributed by atoms with van der Waals surface area (Å²) < 4.78 is 39.5. The Kier molecular flexibility index (Phi) is 6.53. The van der Waals surface area contributed by atoms with Crippen LogP contribution in [0, 0.1) is 5.92 Å². The molecule has 0 aliphatic heterocycles. The number of benzene rings is 1. The lowest BCUT2D eigenvalue weighted by molar-refractivity contribution is -0.159. The zero-order valence-electron chi connectivity index (χ0n) is 12.4. The lowest BCUT2D eigenvalue weighted by Crippen LogP contribution is -2.39. The van der Waals surface area contributed by atoms with E-state index in [2.05, 4.69) is 19.2 Å². The van der Waals surface area contributed by atoms with Crippen LogP contribution in [0.4, 0.5) is 13.2 Å². The SMILES string of the molecule is CC(C)CCCC(C)NC(c1ccccc1)C(F)(F)F. The summed E-state index contributed by atoms with van der Waals surface area (Å²) in [7, 11) is 0. The van der Waals surface area contributed by atoms with Crippen molar-refractivity contribution in [2.24, 2.45) is 5.92 Å². The molecule has 0 radical (unpaired) electrons. The van der Waals surface area contributed by atoms with E-state index < -0.39 is 12.2 Å². The van der Waals surface area contributed by atoms with Gasteiger partial charge in [-0.2, -0.15) is 13.2 Å². The van der Waals surface area contributed by atoms with Gasteiger partial charge in [-0.05, 0) is 24.8 Å². The van der Waals surface area contributed by atoms with Crippen LogP contribution in [-0.4, -0.2) is 12.2 Å². The van der Waals surface area contributed by atoms with Gasteiger partial charge in [-0.25, -0.2) is 0 Å². The minimum absolute atomic E-state index is 0.152. The molecule has 114 valence electrons. The fraction of sp³-hybridized carbons (Fsp3) is 0.625. The van der Waals surface area contributed by atoms with Crippen molar-refractivity contribution in [3.63, 3.8) is 0 Å². The number of alkyl halides is 3. The first-order chi connectivity index (χ1) is 9.30. The molecule has 1 nitrogen and oxygen atoms in total. The Balaban J connectivity index is 2.63. The van der Waals surface area contributed by atoms with Gasteiger partial charge < -0.3 is 0 Å². The minimum Gasteiger partial charge on any atom is -0.300 e. The summed E-state index contributed by atoms with van der Waals surface area (Å²) in [5, 5.41) is 2.72. The van der Waals surface area contributed by atoms with Crippen molar-refractivity contribution in [1.82, 2.24) is 5.32 Å². The Hall–Kier alpha value is -1.03. The molecule has 0 aliphatic rings. The van der Waals surface area contributed by atoms with Crippen LogP contribution in [0.15, 0.2) is 30.3 Å². The van der Waals surface area contributed by atoms with Gasteiger partial charge in [0.1, 0.15) is 6.04 Å². The Bertz CT molecular complexity index is 373. The quantitative estimate of drug-likeness (QED) is 0.736. The first-order valence-electron chi connectivity index (χ1n) is 7.18. The van der Waals surface area contributed by atoms with Gasteiger partial charge >= 0.3 is 6.18 Å². The van der Waals surface area contributed by atoms with Crippen molar-refractivity contribution in [1.29, 1.82) is 0 Å². The largest absolute Gasteiger partial charge is 0.407 e. The molecule has 2 atom stereocenters. The lowest BCUT2D eigenvalue weighted by Gasteiger charge is -2.26. The molecule has 1 N–H and O–H groups in total. The highest BCUT2D eigenvalue weighted by molar-refractivity contribution is 5.20.